The Balaban J connectivity index is 2.80. The topological polar surface area (TPSA) is 69.7 Å². The van der Waals surface area contributed by atoms with E-state index in [0.717, 1.165) is 6.47 Å². The zero-order valence-corrected chi connectivity index (χ0v) is 12.1. The van der Waals surface area contributed by atoms with Crippen molar-refractivity contribution in [3.05, 3.63) is 35.9 Å². The number of hydrogen-bond donors (Lipinski definition) is 0. The summed E-state index contributed by atoms with van der Waals surface area (Å²) in [7, 11) is 0. The van der Waals surface area contributed by atoms with Crippen molar-refractivity contribution >= 4 is 53.0 Å². The van der Waals surface area contributed by atoms with Gasteiger partial charge >= 0.3 is 12.4 Å². The third-order valence-electron chi connectivity index (χ3n) is 2.05. The van der Waals surface area contributed by atoms with Crippen molar-refractivity contribution < 1.29 is 23.9 Å². The number of halogens is 3. The van der Waals surface area contributed by atoms with Gasteiger partial charge in [0, 0.05) is 5.56 Å². The molecule has 0 saturated heterocycles. The van der Waals surface area contributed by atoms with E-state index in [1.165, 1.54) is 12.1 Å². The summed E-state index contributed by atoms with van der Waals surface area (Å²) >= 11 is 16.2. The van der Waals surface area contributed by atoms with Crippen LogP contribution in [0.25, 0.3) is 0 Å². The number of Topliss-reactive ketones (excluding diaryl/α,β-unsaturated/α-hetero) is 1. The van der Waals surface area contributed by atoms with Gasteiger partial charge in [-0.05, 0) is 0 Å². The Bertz CT molecular complexity index is 484. The highest BCUT2D eigenvalue weighted by molar-refractivity contribution is 6.67. The quantitative estimate of drug-likeness (QED) is 0.344. The first-order valence-corrected chi connectivity index (χ1v) is 6.34. The predicted molar refractivity (Wildman–Crippen MR) is 72.6 cm³/mol. The fourth-order valence-electron chi connectivity index (χ4n) is 1.24. The third-order valence-corrected chi connectivity index (χ3v) is 2.38. The summed E-state index contributed by atoms with van der Waals surface area (Å²) in [5.74, 6) is -1.91. The Labute approximate surface area is 129 Å². The summed E-state index contributed by atoms with van der Waals surface area (Å²) in [6.45, 7) is 0.440. The van der Waals surface area contributed by atoms with E-state index in [2.05, 4.69) is 9.47 Å². The van der Waals surface area contributed by atoms with Crippen LogP contribution in [-0.4, -0.2) is 34.7 Å². The molecule has 0 aliphatic rings. The minimum Gasteiger partial charge on any atom is -0.458 e. The van der Waals surface area contributed by atoms with E-state index in [0.29, 0.717) is 0 Å². The molecular formula is C12H8Cl3O5. The number of rotatable bonds is 6. The minimum atomic E-state index is -1.83. The van der Waals surface area contributed by atoms with Crippen molar-refractivity contribution in [2.45, 2.75) is 9.90 Å². The highest BCUT2D eigenvalue weighted by Gasteiger charge is 2.33. The number of esters is 1. The predicted octanol–water partition coefficient (Wildman–Crippen LogP) is 2.24. The lowest BCUT2D eigenvalue weighted by atomic mass is 10.1. The van der Waals surface area contributed by atoms with Gasteiger partial charge in [0.1, 0.15) is 6.61 Å². The van der Waals surface area contributed by atoms with E-state index in [9.17, 15) is 14.4 Å². The Morgan fingerprint density at radius 2 is 1.80 bits per heavy atom. The highest BCUT2D eigenvalue weighted by atomic mass is 35.6. The molecule has 1 radical (unpaired) electrons. The molecule has 0 saturated carbocycles. The van der Waals surface area contributed by atoms with Crippen LogP contribution in [0.5, 0.6) is 0 Å². The summed E-state index contributed by atoms with van der Waals surface area (Å²) in [5, 5.41) is 0. The zero-order chi connectivity index (χ0) is 15.2. The number of alkyl halides is 3. The molecule has 0 spiro atoms. The Morgan fingerprint density at radius 3 is 2.30 bits per heavy atom. The van der Waals surface area contributed by atoms with Crippen LogP contribution in [0.1, 0.15) is 10.4 Å². The maximum atomic E-state index is 12.0. The lowest BCUT2D eigenvalue weighted by molar-refractivity contribution is -0.149. The Hall–Kier alpha value is -1.30. The molecule has 0 aliphatic heterocycles. The van der Waals surface area contributed by atoms with Crippen LogP contribution in [0.15, 0.2) is 30.3 Å². The van der Waals surface area contributed by atoms with Gasteiger partial charge in [-0.25, -0.2) is 9.59 Å². The Kier molecular flexibility index (Phi) is 6.26. The van der Waals surface area contributed by atoms with Gasteiger partial charge in [-0.2, -0.15) is 0 Å². The summed E-state index contributed by atoms with van der Waals surface area (Å²) in [6.07, 6.45) is -1.79. The summed E-state index contributed by atoms with van der Waals surface area (Å²) < 4.78 is 7.10. The van der Waals surface area contributed by atoms with Crippen LogP contribution in [0.3, 0.4) is 0 Å². The largest absolute Gasteiger partial charge is 0.458 e. The number of ketones is 1. The van der Waals surface area contributed by atoms with E-state index in [4.69, 9.17) is 34.8 Å². The fourth-order valence-corrected chi connectivity index (χ4v) is 1.40. The lowest BCUT2D eigenvalue weighted by Crippen LogP contribution is -2.36. The van der Waals surface area contributed by atoms with Gasteiger partial charge < -0.3 is 9.47 Å². The summed E-state index contributed by atoms with van der Waals surface area (Å²) in [5.41, 5.74) is 0.165. The zero-order valence-electron chi connectivity index (χ0n) is 9.85. The normalized spacial score (nSPS) is 12.3. The van der Waals surface area contributed by atoms with E-state index in [1.807, 2.05) is 0 Å². The van der Waals surface area contributed by atoms with Gasteiger partial charge in [-0.3, -0.25) is 4.79 Å². The second-order valence-electron chi connectivity index (χ2n) is 3.53. The monoisotopic (exact) mass is 337 g/mol. The van der Waals surface area contributed by atoms with Crippen LogP contribution in [0.2, 0.25) is 0 Å². The van der Waals surface area contributed by atoms with E-state index in [1.54, 1.807) is 18.2 Å². The van der Waals surface area contributed by atoms with Crippen molar-refractivity contribution in [3.8, 4) is 0 Å². The summed E-state index contributed by atoms with van der Waals surface area (Å²) in [6, 6.07) is 7.75. The first-order chi connectivity index (χ1) is 9.35. The number of benzene rings is 1. The Morgan fingerprint density at radius 1 is 1.20 bits per heavy atom. The molecule has 20 heavy (non-hydrogen) atoms. The molecule has 0 aliphatic carbocycles. The van der Waals surface area contributed by atoms with Gasteiger partial charge in [-0.1, -0.05) is 65.1 Å². The van der Waals surface area contributed by atoms with Crippen molar-refractivity contribution in [1.29, 1.82) is 0 Å². The molecule has 0 fully saturated rings. The molecule has 1 rings (SSSR count). The minimum absolute atomic E-state index is 0.165. The smallest absolute Gasteiger partial charge is 0.418 e. The molecule has 0 N–H and O–H groups in total. The van der Waals surface area contributed by atoms with Gasteiger partial charge in [0.25, 0.3) is 6.10 Å². The molecule has 1 aromatic carbocycles. The molecule has 8 heteroatoms. The van der Waals surface area contributed by atoms with Crippen LogP contribution in [0, 0.1) is 0 Å². The van der Waals surface area contributed by atoms with Crippen LogP contribution >= 0.6 is 34.8 Å². The van der Waals surface area contributed by atoms with Gasteiger partial charge in [0.05, 0.1) is 0 Å². The second kappa shape index (κ2) is 7.47. The van der Waals surface area contributed by atoms with Gasteiger partial charge in [-0.15, -0.1) is 0 Å². The van der Waals surface area contributed by atoms with Crippen molar-refractivity contribution in [2.75, 3.05) is 6.61 Å². The average Bonchev–Trinajstić information content (AvgIpc) is 2.41. The standard InChI is InChI=1S/C12H8Cl3O5/c13-12(14,15)6-19-11(18)10(20-7-16)9(17)8-4-2-1-3-5-8/h1-5,10H,6H2. The first kappa shape index (κ1) is 16.8. The fraction of sp³-hybridized carbons (Fsp3) is 0.250. The summed E-state index contributed by atoms with van der Waals surface area (Å²) in [4.78, 5) is 33.9. The molecule has 5 nitrogen and oxygen atoms in total. The molecule has 1 aromatic rings. The van der Waals surface area contributed by atoms with Crippen molar-refractivity contribution in [1.82, 2.24) is 0 Å². The number of ether oxygens (including phenoxy) is 2. The third kappa shape index (κ3) is 5.36. The lowest BCUT2D eigenvalue weighted by Gasteiger charge is -2.15. The second-order valence-corrected chi connectivity index (χ2v) is 6.05. The van der Waals surface area contributed by atoms with E-state index >= 15 is 0 Å². The number of carbonyl (C=O) groups is 2. The van der Waals surface area contributed by atoms with Gasteiger partial charge in [0.15, 0.2) is 0 Å². The van der Waals surface area contributed by atoms with Crippen LogP contribution < -0.4 is 0 Å². The van der Waals surface area contributed by atoms with Crippen LogP contribution in [0.4, 0.5) is 0 Å². The van der Waals surface area contributed by atoms with E-state index < -0.39 is 28.3 Å². The number of carbonyl (C=O) groups excluding carboxylic acids is 3. The van der Waals surface area contributed by atoms with Crippen molar-refractivity contribution in [3.63, 3.8) is 0 Å². The number of hydrogen-bond acceptors (Lipinski definition) is 5. The molecule has 107 valence electrons. The maximum Gasteiger partial charge on any atom is 0.418 e. The molecule has 0 amide bonds. The van der Waals surface area contributed by atoms with Gasteiger partial charge in [0.2, 0.25) is 9.58 Å². The molecule has 0 aromatic heterocycles. The average molecular weight is 339 g/mol. The highest BCUT2D eigenvalue weighted by Crippen LogP contribution is 2.26. The maximum absolute atomic E-state index is 12.0. The molecule has 1 unspecified atom stereocenters. The first-order valence-electron chi connectivity index (χ1n) is 5.20. The van der Waals surface area contributed by atoms with Crippen LogP contribution in [-0.2, 0) is 19.1 Å². The molecule has 0 bridgehead atoms. The van der Waals surface area contributed by atoms with Crippen molar-refractivity contribution in [2.24, 2.45) is 0 Å². The molecule has 0 heterocycles. The molecular weight excluding hydrogens is 330 g/mol. The SMILES string of the molecule is O=[C]OC(C(=O)OCC(Cl)(Cl)Cl)C(=O)c1ccccc1. The molecule has 1 atom stereocenters. The van der Waals surface area contributed by atoms with E-state index in [-0.39, 0.29) is 5.56 Å².